The van der Waals surface area contributed by atoms with Crippen LogP contribution in [0.15, 0.2) is 52.9 Å². The topological polar surface area (TPSA) is 93.1 Å². The van der Waals surface area contributed by atoms with Gasteiger partial charge in [-0.25, -0.2) is 4.98 Å². The molecule has 1 atom stereocenters. The van der Waals surface area contributed by atoms with Crippen molar-refractivity contribution in [3.05, 3.63) is 58.2 Å². The van der Waals surface area contributed by atoms with Crippen molar-refractivity contribution < 1.29 is 9.59 Å². The summed E-state index contributed by atoms with van der Waals surface area (Å²) in [4.78, 5) is 43.2. The third-order valence-corrected chi connectivity index (χ3v) is 6.71. The zero-order valence-electron chi connectivity index (χ0n) is 17.6. The molecular weight excluding hydrogens is 432 g/mol. The molecule has 2 N–H and O–H groups in total. The molecule has 31 heavy (non-hydrogen) atoms. The Morgan fingerprint density at radius 1 is 1.26 bits per heavy atom. The van der Waals surface area contributed by atoms with Crippen molar-refractivity contribution in [1.82, 2.24) is 9.55 Å². The summed E-state index contributed by atoms with van der Waals surface area (Å²) in [7, 11) is 0. The monoisotopic (exact) mass is 456 g/mol. The van der Waals surface area contributed by atoms with E-state index < -0.39 is 5.25 Å². The third kappa shape index (κ3) is 5.42. The molecule has 0 fully saturated rings. The predicted octanol–water partition coefficient (Wildman–Crippen LogP) is 4.28. The van der Waals surface area contributed by atoms with Crippen LogP contribution in [0.5, 0.6) is 0 Å². The Hall–Kier alpha value is -2.91. The first-order valence-corrected chi connectivity index (χ1v) is 11.5. The largest absolute Gasteiger partial charge is 0.326 e. The molecular formula is C22H24N4O3S2. The number of amides is 2. The molecule has 0 bridgehead atoms. The number of thiophene rings is 1. The van der Waals surface area contributed by atoms with Crippen molar-refractivity contribution in [3.63, 3.8) is 0 Å². The van der Waals surface area contributed by atoms with E-state index >= 15 is 0 Å². The lowest BCUT2D eigenvalue weighted by molar-refractivity contribution is -0.115. The van der Waals surface area contributed by atoms with E-state index in [1.54, 1.807) is 41.8 Å². The van der Waals surface area contributed by atoms with Crippen molar-refractivity contribution in [2.24, 2.45) is 0 Å². The van der Waals surface area contributed by atoms with E-state index in [-0.39, 0.29) is 17.4 Å². The molecule has 162 valence electrons. The number of benzene rings is 1. The second-order valence-corrected chi connectivity index (χ2v) is 9.31. The second kappa shape index (κ2) is 9.93. The Morgan fingerprint density at radius 3 is 2.48 bits per heavy atom. The van der Waals surface area contributed by atoms with E-state index in [0.717, 1.165) is 11.3 Å². The van der Waals surface area contributed by atoms with Gasteiger partial charge >= 0.3 is 0 Å². The van der Waals surface area contributed by atoms with Crippen molar-refractivity contribution in [3.8, 4) is 0 Å². The van der Waals surface area contributed by atoms with E-state index in [2.05, 4.69) is 22.2 Å². The maximum atomic E-state index is 13.0. The second-order valence-electron chi connectivity index (χ2n) is 6.89. The molecule has 1 unspecified atom stereocenters. The lowest BCUT2D eigenvalue weighted by Gasteiger charge is -2.15. The fourth-order valence-electron chi connectivity index (χ4n) is 2.90. The molecule has 1 aromatic carbocycles. The number of hydrogen-bond acceptors (Lipinski definition) is 6. The Kier molecular flexibility index (Phi) is 7.29. The minimum Gasteiger partial charge on any atom is -0.326 e. The minimum absolute atomic E-state index is 0.121. The average molecular weight is 457 g/mol. The van der Waals surface area contributed by atoms with Gasteiger partial charge in [-0.05, 0) is 43.7 Å². The Morgan fingerprint density at radius 2 is 1.90 bits per heavy atom. The van der Waals surface area contributed by atoms with Crippen molar-refractivity contribution >= 4 is 56.5 Å². The normalized spacial score (nSPS) is 11.8. The summed E-state index contributed by atoms with van der Waals surface area (Å²) in [5, 5.41) is 6.14. The molecule has 3 rings (SSSR count). The average Bonchev–Trinajstić information content (AvgIpc) is 3.15. The van der Waals surface area contributed by atoms with Gasteiger partial charge in [0.2, 0.25) is 11.8 Å². The van der Waals surface area contributed by atoms with Crippen LogP contribution >= 0.6 is 23.1 Å². The maximum Gasteiger partial charge on any atom is 0.263 e. The molecule has 0 saturated carbocycles. The molecule has 2 amide bonds. The number of thioether (sulfide) groups is 1. The van der Waals surface area contributed by atoms with E-state index in [4.69, 9.17) is 0 Å². The smallest absolute Gasteiger partial charge is 0.263 e. The van der Waals surface area contributed by atoms with Gasteiger partial charge in [0.15, 0.2) is 5.16 Å². The van der Waals surface area contributed by atoms with Crippen LogP contribution in [-0.2, 0) is 22.6 Å². The van der Waals surface area contributed by atoms with Gasteiger partial charge in [-0.3, -0.25) is 19.0 Å². The number of nitrogens with one attached hydrogen (secondary N) is 2. The Balaban J connectivity index is 1.79. The maximum absolute atomic E-state index is 13.0. The summed E-state index contributed by atoms with van der Waals surface area (Å²) in [6.45, 7) is 9.30. The van der Waals surface area contributed by atoms with Gasteiger partial charge in [0, 0.05) is 29.7 Å². The summed E-state index contributed by atoms with van der Waals surface area (Å²) >= 11 is 2.74. The SMILES string of the molecule is C=CCn1c(SC(C)C(=O)Nc2ccc(NC(C)=O)cc2)nc2sc(CC)cc2c1=O. The van der Waals surface area contributed by atoms with Gasteiger partial charge < -0.3 is 10.6 Å². The quantitative estimate of drug-likeness (QED) is 0.300. The number of anilines is 2. The summed E-state index contributed by atoms with van der Waals surface area (Å²) in [5.41, 5.74) is 1.15. The summed E-state index contributed by atoms with van der Waals surface area (Å²) in [6.07, 6.45) is 2.48. The molecule has 0 saturated heterocycles. The molecule has 3 aromatic rings. The predicted molar refractivity (Wildman–Crippen MR) is 128 cm³/mol. The number of rotatable bonds is 8. The fourth-order valence-corrected chi connectivity index (χ4v) is 4.82. The molecule has 0 aliphatic rings. The molecule has 0 aliphatic carbocycles. The number of hydrogen-bond donors (Lipinski definition) is 2. The van der Waals surface area contributed by atoms with Crippen molar-refractivity contribution in [1.29, 1.82) is 0 Å². The minimum atomic E-state index is -0.485. The highest BCUT2D eigenvalue weighted by Gasteiger charge is 2.20. The van der Waals surface area contributed by atoms with Gasteiger partial charge in [-0.15, -0.1) is 17.9 Å². The van der Waals surface area contributed by atoms with E-state index in [0.29, 0.717) is 33.3 Å². The van der Waals surface area contributed by atoms with Crippen LogP contribution in [0.2, 0.25) is 0 Å². The lowest BCUT2D eigenvalue weighted by Crippen LogP contribution is -2.26. The van der Waals surface area contributed by atoms with E-state index in [1.807, 2.05) is 13.0 Å². The highest BCUT2D eigenvalue weighted by molar-refractivity contribution is 8.00. The van der Waals surface area contributed by atoms with Crippen LogP contribution < -0.4 is 16.2 Å². The number of carbonyl (C=O) groups excluding carboxylic acids is 2. The number of aromatic nitrogens is 2. The first-order chi connectivity index (χ1) is 14.8. The highest BCUT2D eigenvalue weighted by Crippen LogP contribution is 2.27. The molecule has 9 heteroatoms. The number of nitrogens with zero attached hydrogens (tertiary/aromatic N) is 2. The standard InChI is InChI=1S/C22H24N4O3S2/c1-5-11-26-21(29)18-12-17(6-2)31-20(18)25-22(26)30-13(3)19(28)24-16-9-7-15(8-10-16)23-14(4)27/h5,7-10,12-13H,1,6,11H2,2-4H3,(H,23,27)(H,24,28). The number of fused-ring (bicyclic) bond motifs is 1. The van der Waals surface area contributed by atoms with Crippen molar-refractivity contribution in [2.75, 3.05) is 10.6 Å². The summed E-state index contributed by atoms with van der Waals surface area (Å²) < 4.78 is 1.55. The van der Waals surface area contributed by atoms with Gasteiger partial charge in [0.1, 0.15) is 4.83 Å². The fraction of sp³-hybridized carbons (Fsp3) is 0.273. The first-order valence-electron chi connectivity index (χ1n) is 9.81. The van der Waals surface area contributed by atoms with Crippen LogP contribution in [-0.4, -0.2) is 26.6 Å². The molecule has 0 spiro atoms. The van der Waals surface area contributed by atoms with Crippen LogP contribution in [0.3, 0.4) is 0 Å². The van der Waals surface area contributed by atoms with Crippen molar-refractivity contribution in [2.45, 2.75) is 44.1 Å². The third-order valence-electron chi connectivity index (χ3n) is 4.45. The molecule has 0 aliphatic heterocycles. The lowest BCUT2D eigenvalue weighted by atomic mass is 10.2. The Bertz CT molecular complexity index is 1180. The zero-order chi connectivity index (χ0) is 22.5. The zero-order valence-corrected chi connectivity index (χ0v) is 19.2. The highest BCUT2D eigenvalue weighted by atomic mass is 32.2. The van der Waals surface area contributed by atoms with Crippen LogP contribution in [0, 0.1) is 0 Å². The van der Waals surface area contributed by atoms with Crippen LogP contribution in [0.25, 0.3) is 10.2 Å². The molecule has 2 heterocycles. The molecule has 2 aromatic heterocycles. The number of allylic oxidation sites excluding steroid dienone is 1. The van der Waals surface area contributed by atoms with Crippen LogP contribution in [0.4, 0.5) is 11.4 Å². The van der Waals surface area contributed by atoms with E-state index in [1.165, 1.54) is 30.0 Å². The van der Waals surface area contributed by atoms with Gasteiger partial charge in [0.05, 0.1) is 10.6 Å². The van der Waals surface area contributed by atoms with Crippen LogP contribution in [0.1, 0.15) is 25.6 Å². The van der Waals surface area contributed by atoms with Gasteiger partial charge in [-0.1, -0.05) is 24.8 Å². The Labute approximate surface area is 188 Å². The summed E-state index contributed by atoms with van der Waals surface area (Å²) in [6, 6.07) is 8.76. The summed E-state index contributed by atoms with van der Waals surface area (Å²) in [5.74, 6) is -0.370. The van der Waals surface area contributed by atoms with Gasteiger partial charge in [-0.2, -0.15) is 0 Å². The van der Waals surface area contributed by atoms with Gasteiger partial charge in [0.25, 0.3) is 5.56 Å². The number of carbonyl (C=O) groups is 2. The number of aryl methyl sites for hydroxylation is 1. The molecule has 7 nitrogen and oxygen atoms in total. The first kappa shape index (κ1) is 22.8. The van der Waals surface area contributed by atoms with E-state index in [9.17, 15) is 14.4 Å². The molecule has 0 radical (unpaired) electrons.